The highest BCUT2D eigenvalue weighted by Gasteiger charge is 2.25. The molecule has 1 aromatic heterocycles. The molecule has 1 fully saturated rings. The van der Waals surface area contributed by atoms with Gasteiger partial charge in [-0.2, -0.15) is 0 Å². The smallest absolute Gasteiger partial charge is 0.178 e. The van der Waals surface area contributed by atoms with Crippen molar-refractivity contribution in [3.8, 4) is 11.3 Å². The summed E-state index contributed by atoms with van der Waals surface area (Å²) in [6.45, 7) is 2.78. The summed E-state index contributed by atoms with van der Waals surface area (Å²) in [7, 11) is 0. The Bertz CT molecular complexity index is 719. The number of thiocarbonyl (C=S) groups is 2. The monoisotopic (exact) mass is 314 g/mol. The van der Waals surface area contributed by atoms with Crippen molar-refractivity contribution in [1.82, 2.24) is 10.2 Å². The number of likely N-dealkylation sites (N-methyl/N-ethyl adjacent to an activating group) is 1. The lowest BCUT2D eigenvalue weighted by atomic mass is 10.2. The summed E-state index contributed by atoms with van der Waals surface area (Å²) in [5.74, 6) is 1.58. The minimum Gasteiger partial charge on any atom is -0.457 e. The predicted octanol–water partition coefficient (Wildman–Crippen LogP) is 3.82. The topological polar surface area (TPSA) is 28.4 Å². The van der Waals surface area contributed by atoms with Crippen LogP contribution in [0.25, 0.3) is 17.4 Å². The van der Waals surface area contributed by atoms with Crippen LogP contribution >= 0.6 is 24.4 Å². The van der Waals surface area contributed by atoms with E-state index >= 15 is 0 Å². The molecule has 5 heteroatoms. The highest BCUT2D eigenvalue weighted by molar-refractivity contribution is 7.82. The Morgan fingerprint density at radius 2 is 1.90 bits per heavy atom. The zero-order valence-electron chi connectivity index (χ0n) is 11.5. The summed E-state index contributed by atoms with van der Waals surface area (Å²) < 4.78 is 5.85. The first kappa shape index (κ1) is 14.0. The summed E-state index contributed by atoms with van der Waals surface area (Å²) >= 11 is 10.7. The van der Waals surface area contributed by atoms with Crippen molar-refractivity contribution in [2.45, 2.75) is 6.92 Å². The summed E-state index contributed by atoms with van der Waals surface area (Å²) in [6.07, 6.45) is 1.89. The molecule has 1 aliphatic heterocycles. The molecule has 0 aliphatic carbocycles. The van der Waals surface area contributed by atoms with Crippen LogP contribution in [0.1, 0.15) is 12.7 Å². The van der Waals surface area contributed by atoms with Gasteiger partial charge < -0.3 is 14.6 Å². The molecule has 3 rings (SSSR count). The molecule has 0 bridgehead atoms. The molecule has 0 atom stereocenters. The molecule has 1 aromatic carbocycles. The fraction of sp³-hybridized carbons (Fsp3) is 0.125. The fourth-order valence-electron chi connectivity index (χ4n) is 2.19. The number of nitrogens with one attached hydrogen (secondary N) is 1. The lowest BCUT2D eigenvalue weighted by Gasteiger charge is -2.11. The molecule has 21 heavy (non-hydrogen) atoms. The van der Waals surface area contributed by atoms with E-state index in [2.05, 4.69) is 5.32 Å². The van der Waals surface area contributed by atoms with Crippen LogP contribution < -0.4 is 5.32 Å². The van der Waals surface area contributed by atoms with Crippen LogP contribution in [0.4, 0.5) is 0 Å². The van der Waals surface area contributed by atoms with Gasteiger partial charge in [0.05, 0.1) is 5.70 Å². The Morgan fingerprint density at radius 1 is 1.14 bits per heavy atom. The van der Waals surface area contributed by atoms with E-state index in [1.165, 1.54) is 0 Å². The van der Waals surface area contributed by atoms with Gasteiger partial charge in [-0.05, 0) is 31.3 Å². The zero-order chi connectivity index (χ0) is 14.8. The van der Waals surface area contributed by atoms with Gasteiger partial charge >= 0.3 is 0 Å². The Hall–Kier alpha value is -1.98. The van der Waals surface area contributed by atoms with Gasteiger partial charge in [-0.15, -0.1) is 0 Å². The average Bonchev–Trinajstić information content (AvgIpc) is 3.06. The Kier molecular flexibility index (Phi) is 3.86. The number of benzene rings is 1. The molecule has 0 saturated carbocycles. The van der Waals surface area contributed by atoms with Crippen molar-refractivity contribution >= 4 is 40.6 Å². The number of hydrogen-bond donors (Lipinski definition) is 1. The van der Waals surface area contributed by atoms with Crippen LogP contribution in [0.15, 0.2) is 52.6 Å². The van der Waals surface area contributed by atoms with Crippen molar-refractivity contribution in [3.63, 3.8) is 0 Å². The first-order chi connectivity index (χ1) is 10.2. The van der Waals surface area contributed by atoms with Crippen LogP contribution in [0, 0.1) is 0 Å². The molecule has 0 unspecified atom stereocenters. The lowest BCUT2D eigenvalue weighted by Crippen LogP contribution is -2.29. The molecule has 2 heterocycles. The molecule has 0 radical (unpaired) electrons. The van der Waals surface area contributed by atoms with E-state index in [1.807, 2.05) is 60.4 Å². The largest absolute Gasteiger partial charge is 0.457 e. The maximum absolute atomic E-state index is 5.85. The van der Waals surface area contributed by atoms with Crippen LogP contribution in [-0.2, 0) is 0 Å². The predicted molar refractivity (Wildman–Crippen MR) is 92.8 cm³/mol. The second kappa shape index (κ2) is 5.79. The second-order valence-corrected chi connectivity index (χ2v) is 5.38. The van der Waals surface area contributed by atoms with Gasteiger partial charge in [0.25, 0.3) is 0 Å². The van der Waals surface area contributed by atoms with Gasteiger partial charge in [0.1, 0.15) is 16.5 Å². The highest BCUT2D eigenvalue weighted by Crippen LogP contribution is 2.24. The van der Waals surface area contributed by atoms with Gasteiger partial charge in [-0.1, -0.05) is 42.5 Å². The summed E-state index contributed by atoms with van der Waals surface area (Å²) in [5.41, 5.74) is 1.86. The van der Waals surface area contributed by atoms with Crippen LogP contribution in [0.3, 0.4) is 0 Å². The lowest BCUT2D eigenvalue weighted by molar-refractivity contribution is 0.571. The number of furan rings is 1. The van der Waals surface area contributed by atoms with Crippen LogP contribution in [0.2, 0.25) is 0 Å². The summed E-state index contributed by atoms with van der Waals surface area (Å²) in [6, 6.07) is 13.9. The molecule has 106 valence electrons. The number of rotatable bonds is 3. The third-order valence-electron chi connectivity index (χ3n) is 3.25. The van der Waals surface area contributed by atoms with Gasteiger partial charge in [-0.3, -0.25) is 0 Å². The fourth-order valence-corrected chi connectivity index (χ4v) is 2.91. The SMILES string of the molecule is CCN1C(=S)NC(=Cc2ccc(-c3ccccc3)o2)C1=S. The van der Waals surface area contributed by atoms with Crippen molar-refractivity contribution in [1.29, 1.82) is 0 Å². The minimum absolute atomic E-state index is 0.642. The Labute approximate surface area is 134 Å². The van der Waals surface area contributed by atoms with E-state index in [-0.39, 0.29) is 0 Å². The zero-order valence-corrected chi connectivity index (χ0v) is 13.1. The molecular formula is C16H14N2OS2. The summed E-state index contributed by atoms with van der Waals surface area (Å²) in [4.78, 5) is 2.59. The first-order valence-corrected chi connectivity index (χ1v) is 7.50. The average molecular weight is 314 g/mol. The Morgan fingerprint density at radius 3 is 2.57 bits per heavy atom. The van der Waals surface area contributed by atoms with Crippen molar-refractivity contribution < 1.29 is 4.42 Å². The van der Waals surface area contributed by atoms with Gasteiger partial charge in [-0.25, -0.2) is 0 Å². The normalized spacial score (nSPS) is 16.6. The van der Waals surface area contributed by atoms with Crippen molar-refractivity contribution in [2.75, 3.05) is 6.54 Å². The molecule has 2 aromatic rings. The Balaban J connectivity index is 1.87. The van der Waals surface area contributed by atoms with Crippen LogP contribution in [-0.4, -0.2) is 21.5 Å². The van der Waals surface area contributed by atoms with Crippen LogP contribution in [0.5, 0.6) is 0 Å². The minimum atomic E-state index is 0.642. The van der Waals surface area contributed by atoms with Crippen molar-refractivity contribution in [2.24, 2.45) is 0 Å². The first-order valence-electron chi connectivity index (χ1n) is 6.69. The van der Waals surface area contributed by atoms with Crippen molar-refractivity contribution in [3.05, 3.63) is 53.9 Å². The molecular weight excluding hydrogens is 300 g/mol. The van der Waals surface area contributed by atoms with E-state index in [9.17, 15) is 0 Å². The van der Waals surface area contributed by atoms with E-state index in [1.54, 1.807) is 0 Å². The van der Waals surface area contributed by atoms with Gasteiger partial charge in [0.15, 0.2) is 5.11 Å². The van der Waals surface area contributed by atoms with E-state index in [0.717, 1.165) is 29.3 Å². The number of hydrogen-bond acceptors (Lipinski definition) is 3. The van der Waals surface area contributed by atoms with Gasteiger partial charge in [0.2, 0.25) is 0 Å². The highest BCUT2D eigenvalue weighted by atomic mass is 32.1. The maximum atomic E-state index is 5.85. The third-order valence-corrected chi connectivity index (χ3v) is 4.01. The molecule has 0 spiro atoms. The summed E-state index contributed by atoms with van der Waals surface area (Å²) in [5, 5.41) is 3.76. The standard InChI is InChI=1S/C16H14N2OS2/c1-2-18-15(20)13(17-16(18)21)10-12-8-9-14(19-12)11-6-4-3-5-7-11/h3-10H,2H2,1H3,(H,17,21). The maximum Gasteiger partial charge on any atom is 0.178 e. The van der Waals surface area contributed by atoms with E-state index in [4.69, 9.17) is 28.9 Å². The van der Waals surface area contributed by atoms with Gasteiger partial charge in [0, 0.05) is 18.2 Å². The quantitative estimate of drug-likeness (QED) is 0.687. The molecule has 1 saturated heterocycles. The number of nitrogens with zero attached hydrogens (tertiary/aromatic N) is 1. The molecule has 3 nitrogen and oxygen atoms in total. The molecule has 1 aliphatic rings. The molecule has 1 N–H and O–H groups in total. The molecule has 0 amide bonds. The van der Waals surface area contributed by atoms with E-state index < -0.39 is 0 Å². The third kappa shape index (κ3) is 2.75. The van der Waals surface area contributed by atoms with E-state index in [0.29, 0.717) is 10.1 Å². The second-order valence-electron chi connectivity index (χ2n) is 4.61.